The number of nitrogens with one attached hydrogen (secondary N) is 1. The Labute approximate surface area is 91.2 Å². The van der Waals surface area contributed by atoms with Crippen LogP contribution < -0.4 is 15.4 Å². The largest absolute Gasteiger partial charge is 0.490 e. The van der Waals surface area contributed by atoms with Gasteiger partial charge in [0.1, 0.15) is 0 Å². The molecule has 0 saturated carbocycles. The summed E-state index contributed by atoms with van der Waals surface area (Å²) in [6, 6.07) is 3.21. The molecule has 8 nitrogen and oxygen atoms in total. The van der Waals surface area contributed by atoms with E-state index in [2.05, 4.69) is 0 Å². The highest BCUT2D eigenvalue weighted by Crippen LogP contribution is 2.28. The average molecular weight is 247 g/mol. The number of nitrogens with two attached hydrogens (primary N) is 1. The standard InChI is InChI=1S/C7H9N3O5S/c1-15-7-3-2-5(16(13,14)9-8)4-6(7)10(11)12/h2-4,9H,8H2,1H3. The van der Waals surface area contributed by atoms with Gasteiger partial charge in [-0.3, -0.25) is 16.0 Å². The van der Waals surface area contributed by atoms with Crippen LogP contribution >= 0.6 is 0 Å². The van der Waals surface area contributed by atoms with E-state index in [1.54, 1.807) is 4.83 Å². The molecule has 0 fully saturated rings. The molecule has 0 atom stereocenters. The lowest BCUT2D eigenvalue weighted by molar-refractivity contribution is -0.386. The van der Waals surface area contributed by atoms with Gasteiger partial charge in [0, 0.05) is 6.07 Å². The Bertz CT molecular complexity index is 513. The second-order valence-corrected chi connectivity index (χ2v) is 4.43. The van der Waals surface area contributed by atoms with Gasteiger partial charge < -0.3 is 4.74 Å². The summed E-state index contributed by atoms with van der Waals surface area (Å²) in [4.78, 5) is 11.2. The molecule has 0 unspecified atom stereocenters. The van der Waals surface area contributed by atoms with E-state index >= 15 is 0 Å². The molecule has 0 radical (unpaired) electrons. The summed E-state index contributed by atoms with van der Waals surface area (Å²) < 4.78 is 27.3. The Balaban J connectivity index is 3.39. The van der Waals surface area contributed by atoms with Crippen molar-refractivity contribution in [2.24, 2.45) is 5.84 Å². The van der Waals surface area contributed by atoms with Crippen molar-refractivity contribution in [2.45, 2.75) is 4.90 Å². The predicted molar refractivity (Wildman–Crippen MR) is 54.2 cm³/mol. The molecule has 0 aliphatic heterocycles. The molecule has 88 valence electrons. The topological polar surface area (TPSA) is 125 Å². The summed E-state index contributed by atoms with van der Waals surface area (Å²) in [5.74, 6) is 4.77. The van der Waals surface area contributed by atoms with Crippen LogP contribution in [0, 0.1) is 10.1 Å². The minimum atomic E-state index is -3.91. The van der Waals surface area contributed by atoms with Crippen molar-refractivity contribution in [1.82, 2.24) is 4.83 Å². The molecular formula is C7H9N3O5S. The van der Waals surface area contributed by atoms with E-state index in [0.29, 0.717) is 0 Å². The molecule has 9 heteroatoms. The molecule has 0 saturated heterocycles. The SMILES string of the molecule is COc1ccc(S(=O)(=O)NN)cc1[N+](=O)[O-]. The minimum absolute atomic E-state index is 0.0269. The number of hydrazine groups is 1. The third-order valence-electron chi connectivity index (χ3n) is 1.81. The van der Waals surface area contributed by atoms with Gasteiger partial charge in [0.2, 0.25) is 0 Å². The van der Waals surface area contributed by atoms with E-state index in [1.165, 1.54) is 13.2 Å². The summed E-state index contributed by atoms with van der Waals surface area (Å²) in [7, 11) is -2.66. The van der Waals surface area contributed by atoms with Crippen molar-refractivity contribution in [1.29, 1.82) is 0 Å². The highest BCUT2D eigenvalue weighted by molar-refractivity contribution is 7.89. The number of hydrogen-bond donors (Lipinski definition) is 2. The van der Waals surface area contributed by atoms with Crippen molar-refractivity contribution in [3.8, 4) is 5.75 Å². The predicted octanol–water partition coefficient (Wildman–Crippen LogP) is -0.245. The third-order valence-corrected chi connectivity index (χ3v) is 3.00. The van der Waals surface area contributed by atoms with Gasteiger partial charge in [-0.15, -0.1) is 0 Å². The molecule has 0 aromatic heterocycles. The van der Waals surface area contributed by atoms with Crippen LogP contribution in [0.4, 0.5) is 5.69 Å². The molecule has 0 bridgehead atoms. The Hall–Kier alpha value is -1.71. The van der Waals surface area contributed by atoms with Gasteiger partial charge >= 0.3 is 5.69 Å². The van der Waals surface area contributed by atoms with Crippen molar-refractivity contribution in [2.75, 3.05) is 7.11 Å². The fraction of sp³-hybridized carbons (Fsp3) is 0.143. The zero-order valence-electron chi connectivity index (χ0n) is 8.21. The number of hydrogen-bond acceptors (Lipinski definition) is 6. The van der Waals surface area contributed by atoms with Gasteiger partial charge in [-0.25, -0.2) is 8.42 Å². The molecule has 0 amide bonds. The Kier molecular flexibility index (Phi) is 3.42. The van der Waals surface area contributed by atoms with Crippen LogP contribution in [0.15, 0.2) is 23.1 Å². The van der Waals surface area contributed by atoms with Gasteiger partial charge in [0.15, 0.2) is 5.75 Å². The summed E-state index contributed by atoms with van der Waals surface area (Å²) >= 11 is 0. The second-order valence-electron chi connectivity index (χ2n) is 2.71. The van der Waals surface area contributed by atoms with E-state index in [-0.39, 0.29) is 10.6 Å². The zero-order chi connectivity index (χ0) is 12.3. The van der Waals surface area contributed by atoms with E-state index in [4.69, 9.17) is 10.6 Å². The monoisotopic (exact) mass is 247 g/mol. The Morgan fingerprint density at radius 1 is 1.50 bits per heavy atom. The minimum Gasteiger partial charge on any atom is -0.490 e. The van der Waals surface area contributed by atoms with Gasteiger partial charge in [0.05, 0.1) is 16.9 Å². The first-order chi connectivity index (χ1) is 7.42. The van der Waals surface area contributed by atoms with Crippen LogP contribution in [0.25, 0.3) is 0 Å². The number of benzene rings is 1. The van der Waals surface area contributed by atoms with Crippen LogP contribution in [0.5, 0.6) is 5.75 Å². The number of methoxy groups -OCH3 is 1. The van der Waals surface area contributed by atoms with Crippen LogP contribution in [0.2, 0.25) is 0 Å². The second kappa shape index (κ2) is 4.43. The Morgan fingerprint density at radius 2 is 2.12 bits per heavy atom. The van der Waals surface area contributed by atoms with Crippen LogP contribution in [0.3, 0.4) is 0 Å². The molecule has 16 heavy (non-hydrogen) atoms. The van der Waals surface area contributed by atoms with Gasteiger partial charge in [-0.1, -0.05) is 0 Å². The third kappa shape index (κ3) is 2.27. The fourth-order valence-electron chi connectivity index (χ4n) is 1.05. The lowest BCUT2D eigenvalue weighted by Crippen LogP contribution is -2.30. The molecule has 1 aromatic carbocycles. The molecule has 1 aromatic rings. The molecule has 0 spiro atoms. The summed E-state index contributed by atoms with van der Waals surface area (Å²) in [5.41, 5.74) is -0.446. The molecule has 0 aliphatic carbocycles. The van der Waals surface area contributed by atoms with Crippen molar-refractivity contribution >= 4 is 15.7 Å². The number of sulfonamides is 1. The van der Waals surface area contributed by atoms with Crippen molar-refractivity contribution < 1.29 is 18.1 Å². The Morgan fingerprint density at radius 3 is 2.56 bits per heavy atom. The van der Waals surface area contributed by atoms with Gasteiger partial charge in [-0.05, 0) is 12.1 Å². The van der Waals surface area contributed by atoms with Crippen LogP contribution in [0.1, 0.15) is 0 Å². The number of ether oxygens (including phenoxy) is 1. The number of rotatable bonds is 4. The first-order valence-electron chi connectivity index (χ1n) is 3.97. The highest BCUT2D eigenvalue weighted by atomic mass is 32.2. The first kappa shape index (κ1) is 12.4. The molecule has 0 aliphatic rings. The normalized spacial score (nSPS) is 11.1. The van der Waals surface area contributed by atoms with E-state index < -0.39 is 20.6 Å². The number of nitro benzene ring substituents is 1. The fourth-order valence-corrected chi connectivity index (χ4v) is 1.70. The maximum Gasteiger partial charge on any atom is 0.312 e. The zero-order valence-corrected chi connectivity index (χ0v) is 9.02. The summed E-state index contributed by atoms with van der Waals surface area (Å²) in [6.07, 6.45) is 0. The van der Waals surface area contributed by atoms with E-state index in [0.717, 1.165) is 12.1 Å². The van der Waals surface area contributed by atoms with Crippen LogP contribution in [-0.2, 0) is 10.0 Å². The number of nitrogens with zero attached hydrogens (tertiary/aromatic N) is 1. The maximum absolute atomic E-state index is 11.3. The summed E-state index contributed by atoms with van der Waals surface area (Å²) in [6.45, 7) is 0. The average Bonchev–Trinajstić information content (AvgIpc) is 2.28. The van der Waals surface area contributed by atoms with E-state index in [9.17, 15) is 18.5 Å². The molecule has 1 rings (SSSR count). The van der Waals surface area contributed by atoms with Crippen LogP contribution in [-0.4, -0.2) is 20.5 Å². The highest BCUT2D eigenvalue weighted by Gasteiger charge is 2.20. The molecule has 3 N–H and O–H groups in total. The molecular weight excluding hydrogens is 238 g/mol. The first-order valence-corrected chi connectivity index (χ1v) is 5.45. The van der Waals surface area contributed by atoms with Crippen molar-refractivity contribution in [3.63, 3.8) is 0 Å². The molecule has 0 heterocycles. The number of nitro groups is 1. The smallest absolute Gasteiger partial charge is 0.312 e. The summed E-state index contributed by atoms with van der Waals surface area (Å²) in [5, 5.41) is 10.6. The van der Waals surface area contributed by atoms with Crippen molar-refractivity contribution in [3.05, 3.63) is 28.3 Å². The lowest BCUT2D eigenvalue weighted by Gasteiger charge is -2.04. The van der Waals surface area contributed by atoms with Gasteiger partial charge in [0.25, 0.3) is 10.0 Å². The van der Waals surface area contributed by atoms with Gasteiger partial charge in [-0.2, -0.15) is 4.83 Å². The lowest BCUT2D eigenvalue weighted by atomic mass is 10.3. The quantitative estimate of drug-likeness (QED) is 0.429. The van der Waals surface area contributed by atoms with E-state index in [1.807, 2.05) is 0 Å². The maximum atomic E-state index is 11.3.